The minimum absolute atomic E-state index is 0.346. The van der Waals surface area contributed by atoms with Gasteiger partial charge < -0.3 is 4.74 Å². The maximum atomic E-state index is 13.0. The number of alkyl halides is 5. The molecule has 2 saturated carbocycles. The van der Waals surface area contributed by atoms with Crippen molar-refractivity contribution in [3.63, 3.8) is 0 Å². The minimum atomic E-state index is -5.72. The monoisotopic (exact) mass is 446 g/mol. The quantitative estimate of drug-likeness (QED) is 0.286. The molecule has 1 aromatic rings. The second-order valence-corrected chi connectivity index (χ2v) is 9.57. The molecule has 0 unspecified atom stereocenters. The lowest BCUT2D eigenvalue weighted by Gasteiger charge is -2.38. The van der Waals surface area contributed by atoms with Gasteiger partial charge in [0.05, 0.1) is 0 Å². The van der Waals surface area contributed by atoms with Crippen molar-refractivity contribution >= 4 is 0 Å². The molecule has 2 aliphatic carbocycles. The molecule has 0 spiro atoms. The van der Waals surface area contributed by atoms with Gasteiger partial charge in [-0.25, -0.2) is 0 Å². The van der Waals surface area contributed by atoms with Gasteiger partial charge in [-0.1, -0.05) is 57.6 Å². The summed E-state index contributed by atoms with van der Waals surface area (Å²) < 4.78 is 66.9. The topological polar surface area (TPSA) is 9.23 Å². The molecule has 0 aromatic heterocycles. The summed E-state index contributed by atoms with van der Waals surface area (Å²) >= 11 is 0. The van der Waals surface area contributed by atoms with E-state index in [1.807, 2.05) is 0 Å². The summed E-state index contributed by atoms with van der Waals surface area (Å²) in [5.74, 6) is 2.42. The molecule has 2 aliphatic rings. The first kappa shape index (κ1) is 24.3. The number of halogens is 5. The van der Waals surface area contributed by atoms with Crippen LogP contribution in [-0.2, 0) is 0 Å². The Morgan fingerprint density at radius 1 is 0.774 bits per heavy atom. The molecular weight excluding hydrogens is 411 g/mol. The normalized spacial score (nSPS) is 27.8. The van der Waals surface area contributed by atoms with Gasteiger partial charge in [0, 0.05) is 0 Å². The van der Waals surface area contributed by atoms with Crippen LogP contribution in [0.4, 0.5) is 22.0 Å². The first-order valence-electron chi connectivity index (χ1n) is 11.9. The van der Waals surface area contributed by atoms with Crippen LogP contribution in [0, 0.1) is 17.8 Å². The summed E-state index contributed by atoms with van der Waals surface area (Å²) in [6.07, 6.45) is 4.42. The summed E-state index contributed by atoms with van der Waals surface area (Å²) in [7, 11) is 0. The lowest BCUT2D eigenvalue weighted by Crippen LogP contribution is -2.41. The standard InChI is InChI=1S/C25H35F5O/c1-2-3-4-5-18-6-8-19(9-7-18)20-10-12-21(13-11-20)22-14-16-23(17-15-22)31-25(29,30)24(26,27)28/h14-21H,2-13H2,1H3/t18-,19-,20-,21-. The maximum Gasteiger partial charge on any atom is 0.499 e. The zero-order valence-corrected chi connectivity index (χ0v) is 18.4. The molecule has 0 heterocycles. The summed E-state index contributed by atoms with van der Waals surface area (Å²) in [4.78, 5) is 0. The molecule has 1 nitrogen and oxygen atoms in total. The van der Waals surface area contributed by atoms with Crippen molar-refractivity contribution in [2.45, 2.75) is 102 Å². The molecule has 1 aromatic carbocycles. The van der Waals surface area contributed by atoms with Crippen LogP contribution in [0.25, 0.3) is 0 Å². The Morgan fingerprint density at radius 2 is 1.32 bits per heavy atom. The Balaban J connectivity index is 1.44. The van der Waals surface area contributed by atoms with E-state index in [1.165, 1.54) is 76.3 Å². The molecule has 0 bridgehead atoms. The van der Waals surface area contributed by atoms with Crippen LogP contribution in [0.5, 0.6) is 5.75 Å². The average Bonchev–Trinajstić information content (AvgIpc) is 2.74. The predicted molar refractivity (Wildman–Crippen MR) is 112 cm³/mol. The zero-order valence-electron chi connectivity index (χ0n) is 18.4. The Bertz CT molecular complexity index is 653. The zero-order chi connectivity index (χ0) is 22.5. The second kappa shape index (κ2) is 10.5. The van der Waals surface area contributed by atoms with Crippen LogP contribution in [-0.4, -0.2) is 12.3 Å². The number of rotatable bonds is 8. The van der Waals surface area contributed by atoms with Crippen LogP contribution < -0.4 is 4.74 Å². The molecule has 0 N–H and O–H groups in total. The van der Waals surface area contributed by atoms with E-state index in [-0.39, 0.29) is 0 Å². The molecule has 176 valence electrons. The third kappa shape index (κ3) is 6.58. The smallest absolute Gasteiger partial charge is 0.426 e. The van der Waals surface area contributed by atoms with Crippen LogP contribution >= 0.6 is 0 Å². The van der Waals surface area contributed by atoms with Gasteiger partial charge in [0.1, 0.15) is 5.75 Å². The average molecular weight is 447 g/mol. The fourth-order valence-corrected chi connectivity index (χ4v) is 5.57. The number of benzene rings is 1. The van der Waals surface area contributed by atoms with Gasteiger partial charge in [0.2, 0.25) is 0 Å². The summed E-state index contributed by atoms with van der Waals surface area (Å²) in [5, 5.41) is 0. The first-order chi connectivity index (χ1) is 14.7. The van der Waals surface area contributed by atoms with Crippen LogP contribution in [0.3, 0.4) is 0 Å². The molecule has 0 atom stereocenters. The Labute approximate surface area is 182 Å². The number of unbranched alkanes of at least 4 members (excludes halogenated alkanes) is 2. The maximum absolute atomic E-state index is 13.0. The van der Waals surface area contributed by atoms with Gasteiger partial charge >= 0.3 is 12.3 Å². The van der Waals surface area contributed by atoms with Crippen molar-refractivity contribution in [1.29, 1.82) is 0 Å². The van der Waals surface area contributed by atoms with Gasteiger partial charge in [-0.2, -0.15) is 22.0 Å². The van der Waals surface area contributed by atoms with Gasteiger partial charge in [-0.05, 0) is 79.9 Å². The van der Waals surface area contributed by atoms with Crippen molar-refractivity contribution in [2.24, 2.45) is 17.8 Å². The van der Waals surface area contributed by atoms with Crippen molar-refractivity contribution in [3.8, 4) is 5.75 Å². The molecule has 31 heavy (non-hydrogen) atoms. The predicted octanol–water partition coefficient (Wildman–Crippen LogP) is 8.88. The number of hydrogen-bond acceptors (Lipinski definition) is 1. The van der Waals surface area contributed by atoms with Crippen molar-refractivity contribution in [3.05, 3.63) is 29.8 Å². The Morgan fingerprint density at radius 3 is 1.84 bits per heavy atom. The van der Waals surface area contributed by atoms with E-state index in [2.05, 4.69) is 11.7 Å². The highest BCUT2D eigenvalue weighted by Gasteiger charge is 2.61. The van der Waals surface area contributed by atoms with E-state index >= 15 is 0 Å². The molecular formula is C25H35F5O. The molecule has 0 saturated heterocycles. The highest BCUT2D eigenvalue weighted by Crippen LogP contribution is 2.45. The largest absolute Gasteiger partial charge is 0.499 e. The summed E-state index contributed by atoms with van der Waals surface area (Å²) in [5.41, 5.74) is 1.00. The van der Waals surface area contributed by atoms with Crippen molar-refractivity contribution in [1.82, 2.24) is 0 Å². The Kier molecular flexibility index (Phi) is 8.25. The van der Waals surface area contributed by atoms with Crippen molar-refractivity contribution in [2.75, 3.05) is 0 Å². The lowest BCUT2D eigenvalue weighted by molar-refractivity contribution is -0.360. The Hall–Kier alpha value is -1.33. The van der Waals surface area contributed by atoms with Gasteiger partial charge in [-0.3, -0.25) is 0 Å². The highest BCUT2D eigenvalue weighted by molar-refractivity contribution is 5.30. The third-order valence-electron chi connectivity index (χ3n) is 7.47. The van der Waals surface area contributed by atoms with E-state index in [0.717, 1.165) is 36.2 Å². The second-order valence-electron chi connectivity index (χ2n) is 9.57. The van der Waals surface area contributed by atoms with Crippen LogP contribution in [0.2, 0.25) is 0 Å². The van der Waals surface area contributed by atoms with Gasteiger partial charge in [0.25, 0.3) is 0 Å². The van der Waals surface area contributed by atoms with E-state index < -0.39 is 18.0 Å². The third-order valence-corrected chi connectivity index (χ3v) is 7.47. The lowest BCUT2D eigenvalue weighted by atomic mass is 9.68. The SMILES string of the molecule is CCCCC[C@H]1CC[C@H]([C@H]2CC[C@H](c3ccc(OC(F)(F)C(F)(F)F)cc3)CC2)CC1. The molecule has 0 aliphatic heterocycles. The first-order valence-corrected chi connectivity index (χ1v) is 11.9. The molecule has 6 heteroatoms. The van der Waals surface area contributed by atoms with E-state index in [9.17, 15) is 22.0 Å². The summed E-state index contributed by atoms with van der Waals surface area (Å²) in [6.45, 7) is 2.25. The summed E-state index contributed by atoms with van der Waals surface area (Å²) in [6, 6.07) is 5.71. The van der Waals surface area contributed by atoms with Crippen molar-refractivity contribution < 1.29 is 26.7 Å². The highest BCUT2D eigenvalue weighted by atomic mass is 19.4. The van der Waals surface area contributed by atoms with E-state index in [1.54, 1.807) is 12.1 Å². The molecule has 0 radical (unpaired) electrons. The van der Waals surface area contributed by atoms with Gasteiger partial charge in [-0.15, -0.1) is 0 Å². The molecule has 3 rings (SSSR count). The molecule has 2 fully saturated rings. The van der Waals surface area contributed by atoms with Crippen LogP contribution in [0.15, 0.2) is 24.3 Å². The number of ether oxygens (including phenoxy) is 1. The van der Waals surface area contributed by atoms with E-state index in [0.29, 0.717) is 5.92 Å². The molecule has 0 amide bonds. The minimum Gasteiger partial charge on any atom is -0.426 e. The number of hydrogen-bond donors (Lipinski definition) is 0. The fourth-order valence-electron chi connectivity index (χ4n) is 5.57. The van der Waals surface area contributed by atoms with E-state index in [4.69, 9.17) is 0 Å². The fraction of sp³-hybridized carbons (Fsp3) is 0.760. The van der Waals surface area contributed by atoms with Gasteiger partial charge in [0.15, 0.2) is 0 Å². The van der Waals surface area contributed by atoms with Crippen LogP contribution in [0.1, 0.15) is 95.5 Å².